The second-order valence-electron chi connectivity index (χ2n) is 3.57. The number of likely N-dealkylation sites (tertiary alicyclic amines) is 1. The standard InChI is InChI=1S/C8H12ClN3OS/c9-8-7(10-11-14-8)4-12-2-1-6(3-12)5-13/h6,13H,1-5H2. The minimum absolute atomic E-state index is 0.277. The molecule has 1 fully saturated rings. The van der Waals surface area contributed by atoms with E-state index < -0.39 is 0 Å². The molecule has 2 heterocycles. The van der Waals surface area contributed by atoms with E-state index in [0.717, 1.165) is 31.7 Å². The summed E-state index contributed by atoms with van der Waals surface area (Å²) in [5.41, 5.74) is 0.857. The molecule has 4 nitrogen and oxygen atoms in total. The molecule has 0 bridgehead atoms. The molecule has 0 aliphatic carbocycles. The van der Waals surface area contributed by atoms with Crippen molar-refractivity contribution in [2.45, 2.75) is 13.0 Å². The third-order valence-electron chi connectivity index (χ3n) is 2.51. The van der Waals surface area contributed by atoms with Crippen molar-refractivity contribution < 1.29 is 5.11 Å². The molecule has 6 heteroatoms. The summed E-state index contributed by atoms with van der Waals surface area (Å²) in [5.74, 6) is 0.417. The van der Waals surface area contributed by atoms with Crippen LogP contribution in [0.2, 0.25) is 4.34 Å². The smallest absolute Gasteiger partial charge is 0.138 e. The lowest BCUT2D eigenvalue weighted by Gasteiger charge is -2.13. The molecule has 1 aliphatic heterocycles. The number of rotatable bonds is 3. The normalized spacial score (nSPS) is 23.1. The maximum Gasteiger partial charge on any atom is 0.138 e. The highest BCUT2D eigenvalue weighted by Gasteiger charge is 2.23. The van der Waals surface area contributed by atoms with E-state index in [1.54, 1.807) is 0 Å². The molecule has 78 valence electrons. The first kappa shape index (κ1) is 10.3. The highest BCUT2D eigenvalue weighted by molar-refractivity contribution is 7.10. The Morgan fingerprint density at radius 3 is 3.07 bits per heavy atom. The lowest BCUT2D eigenvalue weighted by atomic mass is 10.1. The minimum Gasteiger partial charge on any atom is -0.396 e. The van der Waals surface area contributed by atoms with Gasteiger partial charge in [-0.3, -0.25) is 4.90 Å². The summed E-state index contributed by atoms with van der Waals surface area (Å²) >= 11 is 7.13. The second-order valence-corrected chi connectivity index (χ2v) is 4.92. The van der Waals surface area contributed by atoms with Gasteiger partial charge in [0.2, 0.25) is 0 Å². The van der Waals surface area contributed by atoms with Crippen molar-refractivity contribution in [3.05, 3.63) is 10.0 Å². The van der Waals surface area contributed by atoms with Gasteiger partial charge < -0.3 is 5.11 Å². The number of halogens is 1. The zero-order valence-corrected chi connectivity index (χ0v) is 9.26. The van der Waals surface area contributed by atoms with Crippen LogP contribution in [0.1, 0.15) is 12.1 Å². The van der Waals surface area contributed by atoms with E-state index >= 15 is 0 Å². The number of hydrogen-bond donors (Lipinski definition) is 1. The van der Waals surface area contributed by atoms with E-state index in [0.29, 0.717) is 10.3 Å². The summed E-state index contributed by atoms with van der Waals surface area (Å²) in [5, 5.41) is 12.9. The zero-order chi connectivity index (χ0) is 9.97. The van der Waals surface area contributed by atoms with E-state index in [9.17, 15) is 0 Å². The number of nitrogens with zero attached hydrogens (tertiary/aromatic N) is 3. The fourth-order valence-corrected chi connectivity index (χ4v) is 2.32. The third kappa shape index (κ3) is 2.23. The van der Waals surface area contributed by atoms with Crippen LogP contribution in [0, 0.1) is 5.92 Å². The molecular formula is C8H12ClN3OS. The van der Waals surface area contributed by atoms with Gasteiger partial charge in [-0.1, -0.05) is 16.1 Å². The van der Waals surface area contributed by atoms with Gasteiger partial charge in [0.05, 0.1) is 0 Å². The highest BCUT2D eigenvalue weighted by atomic mass is 35.5. The molecular weight excluding hydrogens is 222 g/mol. The van der Waals surface area contributed by atoms with Gasteiger partial charge in [0.25, 0.3) is 0 Å². The van der Waals surface area contributed by atoms with Gasteiger partial charge in [-0.15, -0.1) is 5.10 Å². The van der Waals surface area contributed by atoms with Gasteiger partial charge in [-0.2, -0.15) is 0 Å². The molecule has 1 aliphatic rings. The van der Waals surface area contributed by atoms with E-state index in [1.807, 2.05) is 0 Å². The number of hydrogen-bond acceptors (Lipinski definition) is 5. The average molecular weight is 234 g/mol. The largest absolute Gasteiger partial charge is 0.396 e. The van der Waals surface area contributed by atoms with Gasteiger partial charge in [-0.25, -0.2) is 0 Å². The molecule has 14 heavy (non-hydrogen) atoms. The molecule has 1 saturated heterocycles. The highest BCUT2D eigenvalue weighted by Crippen LogP contribution is 2.22. The van der Waals surface area contributed by atoms with Crippen LogP contribution in [0.3, 0.4) is 0 Å². The van der Waals surface area contributed by atoms with Crippen molar-refractivity contribution in [3.8, 4) is 0 Å². The van der Waals surface area contributed by atoms with Crippen molar-refractivity contribution >= 4 is 23.1 Å². The Labute approximate surface area is 91.7 Å². The fraction of sp³-hybridized carbons (Fsp3) is 0.750. The maximum absolute atomic E-state index is 8.99. The minimum atomic E-state index is 0.277. The van der Waals surface area contributed by atoms with Crippen molar-refractivity contribution in [1.29, 1.82) is 0 Å². The zero-order valence-electron chi connectivity index (χ0n) is 7.69. The maximum atomic E-state index is 8.99. The summed E-state index contributed by atoms with van der Waals surface area (Å²) in [6.45, 7) is 2.98. The van der Waals surface area contributed by atoms with Crippen molar-refractivity contribution in [2.75, 3.05) is 19.7 Å². The van der Waals surface area contributed by atoms with Crippen molar-refractivity contribution in [2.24, 2.45) is 5.92 Å². The Morgan fingerprint density at radius 1 is 1.64 bits per heavy atom. The van der Waals surface area contributed by atoms with Gasteiger partial charge in [-0.05, 0) is 18.9 Å². The van der Waals surface area contributed by atoms with E-state index in [-0.39, 0.29) is 6.61 Å². The first-order chi connectivity index (χ1) is 6.79. The summed E-state index contributed by atoms with van der Waals surface area (Å²) < 4.78 is 4.46. The topological polar surface area (TPSA) is 49.2 Å². The summed E-state index contributed by atoms with van der Waals surface area (Å²) in [4.78, 5) is 2.25. The molecule has 0 aromatic carbocycles. The quantitative estimate of drug-likeness (QED) is 0.847. The van der Waals surface area contributed by atoms with Crippen LogP contribution in [-0.2, 0) is 6.54 Å². The summed E-state index contributed by atoms with van der Waals surface area (Å²) in [6, 6.07) is 0. The molecule has 1 unspecified atom stereocenters. The Bertz CT molecular complexity index is 307. The van der Waals surface area contributed by atoms with E-state index in [4.69, 9.17) is 16.7 Å². The van der Waals surface area contributed by atoms with Crippen LogP contribution in [0.25, 0.3) is 0 Å². The fourth-order valence-electron chi connectivity index (χ4n) is 1.71. The monoisotopic (exact) mass is 233 g/mol. The van der Waals surface area contributed by atoms with Crippen LogP contribution < -0.4 is 0 Å². The molecule has 1 N–H and O–H groups in total. The first-order valence-corrected chi connectivity index (χ1v) is 5.74. The van der Waals surface area contributed by atoms with Crippen LogP contribution >= 0.6 is 23.1 Å². The average Bonchev–Trinajstić information content (AvgIpc) is 2.77. The van der Waals surface area contributed by atoms with E-state index in [1.165, 1.54) is 11.5 Å². The number of aliphatic hydroxyl groups is 1. The molecule has 1 aromatic rings. The van der Waals surface area contributed by atoms with Crippen molar-refractivity contribution in [1.82, 2.24) is 14.5 Å². The van der Waals surface area contributed by atoms with Crippen LogP contribution in [0.5, 0.6) is 0 Å². The summed E-state index contributed by atoms with van der Waals surface area (Å²) in [7, 11) is 0. The van der Waals surface area contributed by atoms with Gasteiger partial charge in [0, 0.05) is 31.2 Å². The van der Waals surface area contributed by atoms with Crippen molar-refractivity contribution in [3.63, 3.8) is 0 Å². The lowest BCUT2D eigenvalue weighted by molar-refractivity contribution is 0.219. The number of aromatic nitrogens is 2. The van der Waals surface area contributed by atoms with Gasteiger partial charge in [0.15, 0.2) is 0 Å². The molecule has 1 aromatic heterocycles. The Balaban J connectivity index is 1.90. The number of aliphatic hydroxyl groups excluding tert-OH is 1. The molecule has 0 saturated carbocycles. The Kier molecular flexibility index (Phi) is 3.33. The van der Waals surface area contributed by atoms with Crippen LogP contribution in [0.4, 0.5) is 0 Å². The third-order valence-corrected chi connectivity index (χ3v) is 3.50. The predicted molar refractivity (Wildman–Crippen MR) is 55.4 cm³/mol. The molecule has 1 atom stereocenters. The van der Waals surface area contributed by atoms with E-state index in [2.05, 4.69) is 14.5 Å². The summed E-state index contributed by atoms with van der Waals surface area (Å²) in [6.07, 6.45) is 1.06. The first-order valence-electron chi connectivity index (χ1n) is 4.59. The Morgan fingerprint density at radius 2 is 2.50 bits per heavy atom. The molecule has 0 radical (unpaired) electrons. The van der Waals surface area contributed by atoms with Gasteiger partial charge in [0.1, 0.15) is 10.0 Å². The predicted octanol–water partition coefficient (Wildman–Crippen LogP) is 1.01. The Hall–Kier alpha value is -0.230. The molecule has 2 rings (SSSR count). The van der Waals surface area contributed by atoms with Crippen LogP contribution in [0.15, 0.2) is 0 Å². The SMILES string of the molecule is OCC1CCN(Cc2nnsc2Cl)C1. The molecule has 0 spiro atoms. The lowest BCUT2D eigenvalue weighted by Crippen LogP contribution is -2.21. The van der Waals surface area contributed by atoms with Gasteiger partial charge >= 0.3 is 0 Å². The van der Waals surface area contributed by atoms with Crippen LogP contribution in [-0.4, -0.2) is 39.3 Å². The molecule has 0 amide bonds. The second kappa shape index (κ2) is 4.53.